The van der Waals surface area contributed by atoms with Gasteiger partial charge in [0.1, 0.15) is 5.52 Å². The quantitative estimate of drug-likeness (QED) is 0.644. The Kier molecular flexibility index (Phi) is 3.29. The third kappa shape index (κ3) is 2.37. The molecule has 0 saturated carbocycles. The molecular weight excluding hydrogens is 358 g/mol. The summed E-state index contributed by atoms with van der Waals surface area (Å²) in [7, 11) is -3.22. The summed E-state index contributed by atoms with van der Waals surface area (Å²) in [6.07, 6.45) is 4.85. The molecule has 3 fully saturated rings. The average molecular weight is 379 g/mol. The van der Waals surface area contributed by atoms with Gasteiger partial charge in [0.2, 0.25) is 16.0 Å². The SMILES string of the molecule is CS(=O)(=O)NC[C@H]1[C@H]2CN(c3nc(N)nc4nc[nH]c34)C[C@]23CC[C@H]1O3. The molecule has 0 unspecified atom stereocenters. The molecule has 26 heavy (non-hydrogen) atoms. The van der Waals surface area contributed by atoms with Crippen molar-refractivity contribution in [2.24, 2.45) is 11.8 Å². The number of sulfonamides is 1. The number of fused-ring (bicyclic) bond motifs is 2. The smallest absolute Gasteiger partial charge is 0.224 e. The third-order valence-electron chi connectivity index (χ3n) is 5.95. The van der Waals surface area contributed by atoms with E-state index in [1.54, 1.807) is 6.33 Å². The van der Waals surface area contributed by atoms with E-state index in [2.05, 4.69) is 29.6 Å². The molecule has 4 N–H and O–H groups in total. The second kappa shape index (κ2) is 5.27. The summed E-state index contributed by atoms with van der Waals surface area (Å²) in [5, 5.41) is 0. The molecule has 3 saturated heterocycles. The minimum Gasteiger partial charge on any atom is -0.369 e. The summed E-state index contributed by atoms with van der Waals surface area (Å²) in [6, 6.07) is 0. The highest BCUT2D eigenvalue weighted by molar-refractivity contribution is 7.88. The van der Waals surface area contributed by atoms with Gasteiger partial charge in [-0.1, -0.05) is 0 Å². The summed E-state index contributed by atoms with van der Waals surface area (Å²) in [6.45, 7) is 1.88. The fourth-order valence-corrected chi connectivity index (χ4v) is 5.43. The van der Waals surface area contributed by atoms with Crippen molar-refractivity contribution in [2.45, 2.75) is 24.5 Å². The zero-order chi connectivity index (χ0) is 18.1. The van der Waals surface area contributed by atoms with Gasteiger partial charge in [-0.05, 0) is 12.8 Å². The Morgan fingerprint density at radius 1 is 1.50 bits per heavy atom. The van der Waals surface area contributed by atoms with Gasteiger partial charge in [0.15, 0.2) is 11.5 Å². The van der Waals surface area contributed by atoms with E-state index in [1.165, 1.54) is 6.26 Å². The first-order valence-electron chi connectivity index (χ1n) is 8.69. The lowest BCUT2D eigenvalue weighted by atomic mass is 9.74. The number of aromatic nitrogens is 4. The van der Waals surface area contributed by atoms with Crippen molar-refractivity contribution in [3.05, 3.63) is 6.33 Å². The van der Waals surface area contributed by atoms with Crippen molar-refractivity contribution in [2.75, 3.05) is 36.5 Å². The van der Waals surface area contributed by atoms with Crippen LogP contribution in [-0.4, -0.2) is 65.9 Å². The maximum atomic E-state index is 11.5. The van der Waals surface area contributed by atoms with E-state index in [-0.39, 0.29) is 29.5 Å². The lowest BCUT2D eigenvalue weighted by molar-refractivity contribution is 0.0142. The Morgan fingerprint density at radius 2 is 2.35 bits per heavy atom. The molecule has 3 aliphatic heterocycles. The van der Waals surface area contributed by atoms with Gasteiger partial charge >= 0.3 is 0 Å². The number of aromatic amines is 1. The van der Waals surface area contributed by atoms with Crippen LogP contribution in [0.5, 0.6) is 0 Å². The topological polar surface area (TPSA) is 139 Å². The summed E-state index contributed by atoms with van der Waals surface area (Å²) in [5.74, 6) is 1.34. The number of nitrogens with one attached hydrogen (secondary N) is 2. The first-order valence-corrected chi connectivity index (χ1v) is 10.6. The van der Waals surface area contributed by atoms with Crippen molar-refractivity contribution in [1.82, 2.24) is 24.7 Å². The number of nitrogens with zero attached hydrogens (tertiary/aromatic N) is 4. The number of nitrogen functional groups attached to an aromatic ring is 1. The molecule has 0 aromatic carbocycles. The standard InChI is InChI=1S/C15H21N7O3S/c1-26(23,24)19-4-8-9-5-22(6-15(9)3-2-10(8)25-15)13-11-12(18-7-17-11)20-14(16)21-13/h7-10,19H,2-6H2,1H3,(H3,16,17,18,20,21)/t8-,9+,10+,15+/m0/s1. The van der Waals surface area contributed by atoms with E-state index in [0.29, 0.717) is 18.7 Å². The van der Waals surface area contributed by atoms with Crippen LogP contribution in [0.4, 0.5) is 11.8 Å². The van der Waals surface area contributed by atoms with Crippen LogP contribution < -0.4 is 15.4 Å². The lowest BCUT2D eigenvalue weighted by Gasteiger charge is -2.29. The zero-order valence-corrected chi connectivity index (χ0v) is 15.2. The van der Waals surface area contributed by atoms with E-state index in [4.69, 9.17) is 10.5 Å². The second-order valence-electron chi connectivity index (χ2n) is 7.54. The number of hydrogen-bond acceptors (Lipinski definition) is 8. The fourth-order valence-electron chi connectivity index (χ4n) is 4.94. The summed E-state index contributed by atoms with van der Waals surface area (Å²) in [4.78, 5) is 18.0. The molecule has 5 rings (SSSR count). The third-order valence-corrected chi connectivity index (χ3v) is 6.64. The molecular formula is C15H21N7O3S. The monoisotopic (exact) mass is 379 g/mol. The predicted molar refractivity (Wildman–Crippen MR) is 95.0 cm³/mol. The number of anilines is 2. The number of imidazole rings is 1. The maximum Gasteiger partial charge on any atom is 0.224 e. The van der Waals surface area contributed by atoms with Gasteiger partial charge in [-0.25, -0.2) is 18.1 Å². The van der Waals surface area contributed by atoms with Gasteiger partial charge in [0.05, 0.1) is 24.3 Å². The van der Waals surface area contributed by atoms with Crippen molar-refractivity contribution in [3.8, 4) is 0 Å². The molecule has 2 bridgehead atoms. The first-order chi connectivity index (χ1) is 12.3. The molecule has 0 radical (unpaired) electrons. The molecule has 10 nitrogen and oxygen atoms in total. The first kappa shape index (κ1) is 16.2. The van der Waals surface area contributed by atoms with E-state index in [0.717, 1.165) is 30.7 Å². The molecule has 2 aromatic heterocycles. The molecule has 1 spiro atoms. The van der Waals surface area contributed by atoms with Crippen LogP contribution in [0, 0.1) is 11.8 Å². The minimum atomic E-state index is -3.22. The predicted octanol–water partition coefficient (Wildman–Crippen LogP) is -0.532. The zero-order valence-electron chi connectivity index (χ0n) is 14.3. The van der Waals surface area contributed by atoms with Crippen LogP contribution in [-0.2, 0) is 14.8 Å². The van der Waals surface area contributed by atoms with E-state index >= 15 is 0 Å². The van der Waals surface area contributed by atoms with Crippen LogP contribution in [0.1, 0.15) is 12.8 Å². The number of H-pyrrole nitrogens is 1. The molecule has 0 aliphatic carbocycles. The van der Waals surface area contributed by atoms with Gasteiger partial charge in [-0.15, -0.1) is 0 Å². The molecule has 0 amide bonds. The normalized spacial score (nSPS) is 33.3. The Balaban J connectivity index is 1.46. The van der Waals surface area contributed by atoms with Gasteiger partial charge in [-0.3, -0.25) is 0 Å². The minimum absolute atomic E-state index is 0.124. The van der Waals surface area contributed by atoms with E-state index < -0.39 is 10.0 Å². The van der Waals surface area contributed by atoms with Crippen molar-refractivity contribution < 1.29 is 13.2 Å². The maximum absolute atomic E-state index is 11.5. The summed E-state index contributed by atoms with van der Waals surface area (Å²) in [5.41, 5.74) is 6.92. The molecule has 5 heterocycles. The second-order valence-corrected chi connectivity index (χ2v) is 9.37. The Bertz CT molecular complexity index is 977. The highest BCUT2D eigenvalue weighted by Gasteiger charge is 2.63. The Hall–Kier alpha value is -1.98. The van der Waals surface area contributed by atoms with E-state index in [1.807, 2.05) is 0 Å². The van der Waals surface area contributed by atoms with E-state index in [9.17, 15) is 8.42 Å². The van der Waals surface area contributed by atoms with Crippen molar-refractivity contribution in [1.29, 1.82) is 0 Å². The highest BCUT2D eigenvalue weighted by Crippen LogP contribution is 2.55. The van der Waals surface area contributed by atoms with Crippen LogP contribution in [0.15, 0.2) is 6.33 Å². The molecule has 2 aromatic rings. The Morgan fingerprint density at radius 3 is 3.15 bits per heavy atom. The number of rotatable bonds is 4. The van der Waals surface area contributed by atoms with Gasteiger partial charge in [0.25, 0.3) is 0 Å². The number of ether oxygens (including phenoxy) is 1. The van der Waals surface area contributed by atoms with Gasteiger partial charge in [-0.2, -0.15) is 9.97 Å². The van der Waals surface area contributed by atoms with Crippen LogP contribution in [0.2, 0.25) is 0 Å². The molecule has 4 atom stereocenters. The molecule has 11 heteroatoms. The lowest BCUT2D eigenvalue weighted by Crippen LogP contribution is -2.41. The summed E-state index contributed by atoms with van der Waals surface area (Å²) >= 11 is 0. The molecule has 140 valence electrons. The Labute approximate surface area is 150 Å². The largest absolute Gasteiger partial charge is 0.369 e. The number of hydrogen-bond donors (Lipinski definition) is 3. The van der Waals surface area contributed by atoms with Crippen molar-refractivity contribution in [3.63, 3.8) is 0 Å². The van der Waals surface area contributed by atoms with Crippen LogP contribution >= 0.6 is 0 Å². The molecule has 3 aliphatic rings. The van der Waals surface area contributed by atoms with Crippen LogP contribution in [0.3, 0.4) is 0 Å². The number of nitrogens with two attached hydrogens (primary N) is 1. The van der Waals surface area contributed by atoms with Crippen molar-refractivity contribution >= 4 is 33.0 Å². The highest BCUT2D eigenvalue weighted by atomic mass is 32.2. The van der Waals surface area contributed by atoms with Gasteiger partial charge < -0.3 is 20.4 Å². The fraction of sp³-hybridized carbons (Fsp3) is 0.667. The summed E-state index contributed by atoms with van der Waals surface area (Å²) < 4.78 is 32.1. The average Bonchev–Trinajstić information content (AvgIpc) is 3.30. The van der Waals surface area contributed by atoms with Crippen LogP contribution in [0.25, 0.3) is 11.2 Å². The van der Waals surface area contributed by atoms with Gasteiger partial charge in [0, 0.05) is 31.5 Å².